The quantitative estimate of drug-likeness (QED) is 0.0798. The summed E-state index contributed by atoms with van der Waals surface area (Å²) < 4.78 is 7.21. The third-order valence-corrected chi connectivity index (χ3v) is 20.5. The molecule has 69 heavy (non-hydrogen) atoms. The second kappa shape index (κ2) is 19.8. The minimum atomic E-state index is -2.23. The topological polar surface area (TPSA) is 15.7 Å². The van der Waals surface area contributed by atoms with Gasteiger partial charge in [0.25, 0.3) is 0 Å². The zero-order chi connectivity index (χ0) is 47.2. The van der Waals surface area contributed by atoms with E-state index < -0.39 is 16.6 Å². The van der Waals surface area contributed by atoms with Gasteiger partial charge in [0.05, 0.1) is 11.4 Å². The molecule has 5 heteroatoms. The van der Waals surface area contributed by atoms with E-state index in [2.05, 4.69) is 303 Å². The number of hydrogen-bond acceptors (Lipinski definition) is 3. The van der Waals surface area contributed by atoms with Crippen LogP contribution in [-0.2, 0) is 4.12 Å². The van der Waals surface area contributed by atoms with E-state index in [1.165, 1.54) is 43.0 Å². The molecule has 0 aliphatic heterocycles. The van der Waals surface area contributed by atoms with E-state index >= 15 is 0 Å². The number of fused-ring (bicyclic) bond motifs is 2. The van der Waals surface area contributed by atoms with Gasteiger partial charge in [0, 0.05) is 33.5 Å². The molecule has 10 aromatic rings. The zero-order valence-corrected chi connectivity index (χ0v) is 41.7. The van der Waals surface area contributed by atoms with Crippen molar-refractivity contribution in [2.24, 2.45) is 0 Å². The number of rotatable bonds is 14. The van der Waals surface area contributed by atoms with Gasteiger partial charge in [-0.1, -0.05) is 206 Å². The number of para-hydroxylation sites is 2. The highest BCUT2D eigenvalue weighted by atomic mass is 28.4. The van der Waals surface area contributed by atoms with Gasteiger partial charge < -0.3 is 13.9 Å². The molecule has 0 aromatic heterocycles. The summed E-state index contributed by atoms with van der Waals surface area (Å²) in [6.07, 6.45) is 8.79. The molecule has 0 saturated carbocycles. The lowest BCUT2D eigenvalue weighted by Crippen LogP contribution is -2.57. The first-order valence-electron chi connectivity index (χ1n) is 23.8. The van der Waals surface area contributed by atoms with Crippen LogP contribution in [0.1, 0.15) is 22.3 Å². The van der Waals surface area contributed by atoms with Gasteiger partial charge >= 0.3 is 0 Å². The van der Waals surface area contributed by atoms with Gasteiger partial charge in [0.15, 0.2) is 0 Å². The molecule has 0 heterocycles. The Morgan fingerprint density at radius 1 is 0.290 bits per heavy atom. The Hall–Kier alpha value is -7.81. The van der Waals surface area contributed by atoms with Crippen LogP contribution in [0.15, 0.2) is 243 Å². The molecule has 336 valence electrons. The summed E-state index contributed by atoms with van der Waals surface area (Å²) in [4.78, 5) is 4.68. The summed E-state index contributed by atoms with van der Waals surface area (Å²) in [7, 11) is -4.45. The van der Waals surface area contributed by atoms with Gasteiger partial charge in [0.1, 0.15) is 0 Å². The van der Waals surface area contributed by atoms with E-state index in [1.54, 1.807) is 0 Å². The van der Waals surface area contributed by atoms with Crippen LogP contribution < -0.4 is 20.2 Å². The molecule has 0 N–H and O–H groups in total. The zero-order valence-electron chi connectivity index (χ0n) is 39.7. The van der Waals surface area contributed by atoms with Crippen LogP contribution in [0, 0.1) is 0 Å². The second-order valence-electron chi connectivity index (χ2n) is 18.6. The number of anilines is 6. The van der Waals surface area contributed by atoms with Gasteiger partial charge in [-0.25, -0.2) is 0 Å². The van der Waals surface area contributed by atoms with E-state index in [4.69, 9.17) is 4.12 Å². The summed E-state index contributed by atoms with van der Waals surface area (Å²) in [6, 6.07) is 87.1. The third-order valence-electron chi connectivity index (χ3n) is 13.0. The molecule has 10 aromatic carbocycles. The largest absolute Gasteiger partial charge is 0.449 e. The average molecular weight is 925 g/mol. The molecule has 0 unspecified atom stereocenters. The van der Waals surface area contributed by atoms with Crippen molar-refractivity contribution in [1.29, 1.82) is 0 Å². The number of nitrogens with zero attached hydrogens (tertiary/aromatic N) is 2. The molecule has 3 nitrogen and oxygen atoms in total. The van der Waals surface area contributed by atoms with Crippen molar-refractivity contribution in [3.63, 3.8) is 0 Å². The normalized spacial score (nSPS) is 12.0. The maximum Gasteiger partial charge on any atom is 0.206 e. The molecule has 0 radical (unpaired) electrons. The molecule has 0 spiro atoms. The van der Waals surface area contributed by atoms with Crippen LogP contribution in [0.5, 0.6) is 0 Å². The van der Waals surface area contributed by atoms with Crippen molar-refractivity contribution in [3.8, 4) is 0 Å². The van der Waals surface area contributed by atoms with Gasteiger partial charge in [0.2, 0.25) is 16.6 Å². The van der Waals surface area contributed by atoms with Crippen molar-refractivity contribution in [2.45, 2.75) is 26.2 Å². The standard InChI is InChI=1S/C64H56N2OSi2/c1-68(2,59-45-37-51(38-46-59)31-29-49-33-41-57(42-34-49)65(55-21-7-5-8-22-55)63-27-15-19-53-17-11-13-25-61(53)63)67-69(3,4)60-47-39-52(40-48-60)32-30-50-35-43-58(44-36-50)66(56-23-9-6-10-24-56)64-28-16-20-54-18-12-14-26-62(54)64/h5-48H,1-4H3/b31-29+,32-30+. The maximum atomic E-state index is 7.21. The summed E-state index contributed by atoms with van der Waals surface area (Å²) in [5.41, 5.74) is 11.5. The summed E-state index contributed by atoms with van der Waals surface area (Å²) in [5, 5.41) is 7.50. The molecule has 10 rings (SSSR count). The first-order valence-corrected chi connectivity index (χ1v) is 29.6. The molecule has 0 saturated heterocycles. The highest BCUT2D eigenvalue weighted by molar-refractivity contribution is 6.96. The Labute approximate surface area is 409 Å². The molecular formula is C64H56N2OSi2. The SMILES string of the molecule is C[Si](C)(O[Si](C)(C)c1ccc(/C=C/c2ccc(N(c3ccccc3)c3cccc4ccccc34)cc2)cc1)c1ccc(/C=C/c2ccc(N(c3ccccc3)c3cccc4ccccc34)cc2)cc1. The summed E-state index contributed by atoms with van der Waals surface area (Å²) >= 11 is 0. The van der Waals surface area contributed by atoms with E-state index in [1.807, 2.05) is 0 Å². The third kappa shape index (κ3) is 10.1. The summed E-state index contributed by atoms with van der Waals surface area (Å²) in [5.74, 6) is 0. The fraction of sp³-hybridized carbons (Fsp3) is 0.0625. The monoisotopic (exact) mass is 924 g/mol. The molecule has 0 atom stereocenters. The second-order valence-corrected chi connectivity index (χ2v) is 26.6. The van der Waals surface area contributed by atoms with Gasteiger partial charge in [-0.15, -0.1) is 0 Å². The molecule has 0 bridgehead atoms. The van der Waals surface area contributed by atoms with Crippen molar-refractivity contribution >= 4 is 107 Å². The maximum absolute atomic E-state index is 7.21. The van der Waals surface area contributed by atoms with Crippen LogP contribution in [0.3, 0.4) is 0 Å². The van der Waals surface area contributed by atoms with Crippen LogP contribution in [0.4, 0.5) is 34.1 Å². The van der Waals surface area contributed by atoms with E-state index in [-0.39, 0.29) is 0 Å². The molecule has 0 aliphatic carbocycles. The molecule has 0 aliphatic rings. The number of benzene rings is 10. The Bertz CT molecular complexity index is 3140. The first-order chi connectivity index (χ1) is 33.7. The van der Waals surface area contributed by atoms with Crippen LogP contribution in [0.2, 0.25) is 26.2 Å². The number of hydrogen-bond donors (Lipinski definition) is 0. The van der Waals surface area contributed by atoms with Crippen molar-refractivity contribution in [1.82, 2.24) is 0 Å². The predicted octanol–water partition coefficient (Wildman–Crippen LogP) is 16.8. The minimum absolute atomic E-state index is 1.12. The van der Waals surface area contributed by atoms with Gasteiger partial charge in [-0.05, 0) is 130 Å². The lowest BCUT2D eigenvalue weighted by Gasteiger charge is -2.34. The molecular weight excluding hydrogens is 869 g/mol. The highest BCUT2D eigenvalue weighted by Crippen LogP contribution is 2.40. The molecule has 0 amide bonds. The average Bonchev–Trinajstić information content (AvgIpc) is 3.39. The highest BCUT2D eigenvalue weighted by Gasteiger charge is 2.36. The van der Waals surface area contributed by atoms with Crippen molar-refractivity contribution in [2.75, 3.05) is 9.80 Å². The van der Waals surface area contributed by atoms with E-state index in [0.717, 1.165) is 45.3 Å². The lowest BCUT2D eigenvalue weighted by molar-refractivity contribution is 0.573. The van der Waals surface area contributed by atoms with Crippen LogP contribution in [0.25, 0.3) is 45.8 Å². The van der Waals surface area contributed by atoms with Crippen LogP contribution in [-0.4, -0.2) is 16.6 Å². The van der Waals surface area contributed by atoms with Crippen molar-refractivity contribution in [3.05, 3.63) is 265 Å². The lowest BCUT2D eigenvalue weighted by atomic mass is 10.1. The van der Waals surface area contributed by atoms with Crippen molar-refractivity contribution < 1.29 is 4.12 Å². The van der Waals surface area contributed by atoms with E-state index in [9.17, 15) is 0 Å². The summed E-state index contributed by atoms with van der Waals surface area (Å²) in [6.45, 7) is 9.31. The van der Waals surface area contributed by atoms with Gasteiger partial charge in [-0.2, -0.15) is 0 Å². The molecule has 0 fully saturated rings. The Morgan fingerprint density at radius 3 is 0.942 bits per heavy atom. The Kier molecular flexibility index (Phi) is 12.9. The predicted molar refractivity (Wildman–Crippen MR) is 303 cm³/mol. The first kappa shape index (κ1) is 45.0. The fourth-order valence-electron chi connectivity index (χ4n) is 9.42. The smallest absolute Gasteiger partial charge is 0.206 e. The minimum Gasteiger partial charge on any atom is -0.449 e. The van der Waals surface area contributed by atoms with Crippen LogP contribution >= 0.6 is 0 Å². The van der Waals surface area contributed by atoms with E-state index in [0.29, 0.717) is 0 Å². The Morgan fingerprint density at radius 2 is 0.580 bits per heavy atom. The Balaban J connectivity index is 0.784. The fourth-order valence-corrected chi connectivity index (χ4v) is 17.4. The van der Waals surface area contributed by atoms with Gasteiger partial charge in [-0.3, -0.25) is 0 Å².